The summed E-state index contributed by atoms with van der Waals surface area (Å²) >= 11 is 3.48. The average Bonchev–Trinajstić information content (AvgIpc) is 2.82. The van der Waals surface area contributed by atoms with Gasteiger partial charge in [0.15, 0.2) is 0 Å². The number of rotatable bonds is 2. The number of carboxylic acid groups (broad SMARTS) is 1. The molecule has 1 aromatic heterocycles. The number of hydrogen-bond donors (Lipinski definition) is 1. The van der Waals surface area contributed by atoms with Crippen molar-refractivity contribution in [1.29, 1.82) is 0 Å². The smallest absolute Gasteiger partial charge is 0.311 e. The van der Waals surface area contributed by atoms with Crippen LogP contribution < -0.4 is 4.90 Å². The number of carbonyl (C=O) groups is 1. The van der Waals surface area contributed by atoms with Crippen LogP contribution in [0.5, 0.6) is 0 Å². The Morgan fingerprint density at radius 2 is 2.25 bits per heavy atom. The molecule has 0 saturated carbocycles. The molecule has 0 aliphatic carbocycles. The molecule has 20 heavy (non-hydrogen) atoms. The molecule has 1 atom stereocenters. The van der Waals surface area contributed by atoms with Crippen LogP contribution in [0.1, 0.15) is 13.3 Å². The van der Waals surface area contributed by atoms with Gasteiger partial charge in [-0.15, -0.1) is 0 Å². The second kappa shape index (κ2) is 4.74. The Balaban J connectivity index is 2.04. The molecule has 1 aliphatic rings. The lowest BCUT2D eigenvalue weighted by Crippen LogP contribution is -2.31. The highest BCUT2D eigenvalue weighted by atomic mass is 79.9. The number of halogens is 1. The fourth-order valence-corrected chi connectivity index (χ4v) is 3.08. The lowest BCUT2D eigenvalue weighted by Gasteiger charge is -2.23. The zero-order chi connectivity index (χ0) is 14.3. The van der Waals surface area contributed by atoms with E-state index < -0.39 is 11.4 Å². The molecule has 1 unspecified atom stereocenters. The molecule has 0 spiro atoms. The van der Waals surface area contributed by atoms with E-state index in [1.165, 1.54) is 0 Å². The highest BCUT2D eigenvalue weighted by Crippen LogP contribution is 2.36. The van der Waals surface area contributed by atoms with Gasteiger partial charge in [-0.1, -0.05) is 15.9 Å². The van der Waals surface area contributed by atoms with Crippen molar-refractivity contribution in [2.75, 3.05) is 18.0 Å². The molecule has 3 rings (SSSR count). The maximum atomic E-state index is 11.4. The molecule has 2 aromatic rings. The lowest BCUT2D eigenvalue weighted by molar-refractivity contribution is -0.146. The zero-order valence-electron chi connectivity index (χ0n) is 11.1. The Bertz CT molecular complexity index is 689. The van der Waals surface area contributed by atoms with E-state index in [1.54, 1.807) is 6.20 Å². The summed E-state index contributed by atoms with van der Waals surface area (Å²) in [6.45, 7) is 3.11. The van der Waals surface area contributed by atoms with Crippen LogP contribution in [0.2, 0.25) is 0 Å². The van der Waals surface area contributed by atoms with Gasteiger partial charge in [0.1, 0.15) is 0 Å². The Morgan fingerprint density at radius 1 is 1.45 bits per heavy atom. The third-order valence-corrected chi connectivity index (χ3v) is 4.50. The van der Waals surface area contributed by atoms with Gasteiger partial charge in [0.05, 0.1) is 10.9 Å². The molecule has 1 aliphatic heterocycles. The summed E-state index contributed by atoms with van der Waals surface area (Å²) in [7, 11) is 0. The maximum Gasteiger partial charge on any atom is 0.311 e. The monoisotopic (exact) mass is 334 g/mol. The molecule has 4 nitrogen and oxygen atoms in total. The summed E-state index contributed by atoms with van der Waals surface area (Å²) < 4.78 is 0.999. The molecule has 0 bridgehead atoms. The van der Waals surface area contributed by atoms with Crippen LogP contribution in [0, 0.1) is 5.41 Å². The van der Waals surface area contributed by atoms with E-state index in [4.69, 9.17) is 0 Å². The number of aromatic nitrogens is 1. The zero-order valence-corrected chi connectivity index (χ0v) is 12.7. The quantitative estimate of drug-likeness (QED) is 0.915. The molecular weight excluding hydrogens is 320 g/mol. The van der Waals surface area contributed by atoms with E-state index in [2.05, 4.69) is 25.8 Å². The van der Waals surface area contributed by atoms with Crippen LogP contribution >= 0.6 is 15.9 Å². The average molecular weight is 335 g/mol. The first-order valence-corrected chi connectivity index (χ1v) is 7.31. The van der Waals surface area contributed by atoms with Gasteiger partial charge in [0.2, 0.25) is 0 Å². The van der Waals surface area contributed by atoms with Crippen molar-refractivity contribution in [2.24, 2.45) is 5.41 Å². The van der Waals surface area contributed by atoms with Crippen molar-refractivity contribution in [3.63, 3.8) is 0 Å². The minimum atomic E-state index is -0.723. The largest absolute Gasteiger partial charge is 0.481 e. The van der Waals surface area contributed by atoms with E-state index in [0.29, 0.717) is 13.0 Å². The van der Waals surface area contributed by atoms with E-state index in [-0.39, 0.29) is 0 Å². The highest BCUT2D eigenvalue weighted by Gasteiger charge is 2.40. The third kappa shape index (κ3) is 2.16. The van der Waals surface area contributed by atoms with Gasteiger partial charge in [0.25, 0.3) is 0 Å². The summed E-state index contributed by atoms with van der Waals surface area (Å²) in [5.74, 6) is -0.723. The fourth-order valence-electron chi connectivity index (χ4n) is 2.72. The maximum absolute atomic E-state index is 11.4. The van der Waals surface area contributed by atoms with Crippen molar-refractivity contribution in [1.82, 2.24) is 4.98 Å². The Labute approximate surface area is 125 Å². The SMILES string of the molecule is CC1(C(=O)O)CCN(c2ccnc3ccc(Br)cc23)C1. The molecule has 1 fully saturated rings. The number of hydrogen-bond acceptors (Lipinski definition) is 3. The van der Waals surface area contributed by atoms with Crippen molar-refractivity contribution >= 4 is 38.5 Å². The topological polar surface area (TPSA) is 53.4 Å². The Kier molecular flexibility index (Phi) is 3.17. The second-order valence-corrected chi connectivity index (χ2v) is 6.44. The van der Waals surface area contributed by atoms with Gasteiger partial charge in [-0.3, -0.25) is 9.78 Å². The fraction of sp³-hybridized carbons (Fsp3) is 0.333. The Hall–Kier alpha value is -1.62. The molecular formula is C15H15BrN2O2. The van der Waals surface area contributed by atoms with Crippen molar-refractivity contribution < 1.29 is 9.90 Å². The van der Waals surface area contributed by atoms with Gasteiger partial charge in [-0.2, -0.15) is 0 Å². The standard InChI is InChI=1S/C15H15BrN2O2/c1-15(14(19)20)5-7-18(9-15)13-4-6-17-12-3-2-10(16)8-11(12)13/h2-4,6,8H,5,7,9H2,1H3,(H,19,20). The molecule has 2 heterocycles. The first-order chi connectivity index (χ1) is 9.49. The van der Waals surface area contributed by atoms with Gasteiger partial charge in [0, 0.05) is 34.8 Å². The van der Waals surface area contributed by atoms with E-state index >= 15 is 0 Å². The van der Waals surface area contributed by atoms with Crippen LogP contribution in [-0.2, 0) is 4.79 Å². The summed E-state index contributed by atoms with van der Waals surface area (Å²) in [5.41, 5.74) is 1.32. The number of aliphatic carboxylic acids is 1. The van der Waals surface area contributed by atoms with Crippen LogP contribution in [0.25, 0.3) is 10.9 Å². The van der Waals surface area contributed by atoms with Crippen LogP contribution in [0.4, 0.5) is 5.69 Å². The number of benzene rings is 1. The summed E-state index contributed by atoms with van der Waals surface area (Å²) in [4.78, 5) is 17.9. The minimum absolute atomic E-state index is 0.536. The van der Waals surface area contributed by atoms with Crippen LogP contribution in [-0.4, -0.2) is 29.1 Å². The Morgan fingerprint density at radius 3 is 2.95 bits per heavy atom. The van der Waals surface area contributed by atoms with Crippen molar-refractivity contribution in [2.45, 2.75) is 13.3 Å². The number of anilines is 1. The van der Waals surface area contributed by atoms with Gasteiger partial charge < -0.3 is 10.0 Å². The normalized spacial score (nSPS) is 22.4. The first-order valence-electron chi connectivity index (χ1n) is 6.52. The molecule has 104 valence electrons. The summed E-state index contributed by atoms with van der Waals surface area (Å²) in [6.07, 6.45) is 2.45. The number of nitrogens with zero attached hydrogens (tertiary/aromatic N) is 2. The first kappa shape index (κ1) is 13.4. The van der Waals surface area contributed by atoms with Gasteiger partial charge >= 0.3 is 5.97 Å². The van der Waals surface area contributed by atoms with Gasteiger partial charge in [-0.05, 0) is 37.6 Å². The molecule has 1 saturated heterocycles. The third-order valence-electron chi connectivity index (χ3n) is 4.01. The highest BCUT2D eigenvalue weighted by molar-refractivity contribution is 9.10. The second-order valence-electron chi connectivity index (χ2n) is 5.53. The van der Waals surface area contributed by atoms with Crippen molar-refractivity contribution in [3.8, 4) is 0 Å². The molecule has 0 amide bonds. The van der Waals surface area contributed by atoms with Crippen LogP contribution in [0.3, 0.4) is 0 Å². The number of pyridine rings is 1. The molecule has 0 radical (unpaired) electrons. The van der Waals surface area contributed by atoms with Crippen molar-refractivity contribution in [3.05, 3.63) is 34.9 Å². The lowest BCUT2D eigenvalue weighted by atomic mass is 9.90. The summed E-state index contributed by atoms with van der Waals surface area (Å²) in [5, 5.41) is 10.4. The van der Waals surface area contributed by atoms with Crippen LogP contribution in [0.15, 0.2) is 34.9 Å². The molecule has 5 heteroatoms. The minimum Gasteiger partial charge on any atom is -0.481 e. The predicted molar refractivity (Wildman–Crippen MR) is 82.0 cm³/mol. The summed E-state index contributed by atoms with van der Waals surface area (Å²) in [6, 6.07) is 7.93. The van der Waals surface area contributed by atoms with E-state index in [1.807, 2.05) is 31.2 Å². The number of fused-ring (bicyclic) bond motifs is 1. The predicted octanol–water partition coefficient (Wildman–Crippen LogP) is 3.30. The number of carboxylic acids is 1. The van der Waals surface area contributed by atoms with E-state index in [9.17, 15) is 9.90 Å². The molecule has 1 N–H and O–H groups in total. The van der Waals surface area contributed by atoms with Gasteiger partial charge in [-0.25, -0.2) is 0 Å². The molecule has 1 aromatic carbocycles. The van der Waals surface area contributed by atoms with E-state index in [0.717, 1.165) is 27.6 Å².